The summed E-state index contributed by atoms with van der Waals surface area (Å²) in [7, 11) is 0. The summed E-state index contributed by atoms with van der Waals surface area (Å²) in [4.78, 5) is 47.1. The first-order valence-corrected chi connectivity index (χ1v) is 6.59. The van der Waals surface area contributed by atoms with E-state index >= 15 is 0 Å². The van der Waals surface area contributed by atoms with Crippen molar-refractivity contribution < 1.29 is 24.4 Å². The van der Waals surface area contributed by atoms with E-state index in [-0.39, 0.29) is 24.7 Å². The van der Waals surface area contributed by atoms with E-state index < -0.39 is 42.3 Å². The molecule has 5 N–H and O–H groups in total. The second-order valence-electron chi connectivity index (χ2n) is 5.35. The first-order chi connectivity index (χ1) is 9.76. The van der Waals surface area contributed by atoms with Crippen molar-refractivity contribution in [3.63, 3.8) is 0 Å². The van der Waals surface area contributed by atoms with E-state index in [4.69, 9.17) is 10.9 Å². The minimum absolute atomic E-state index is 0. The van der Waals surface area contributed by atoms with Crippen LogP contribution in [0.2, 0.25) is 0 Å². The minimum atomic E-state index is -1.02. The molecule has 1 fully saturated rings. The van der Waals surface area contributed by atoms with Gasteiger partial charge in [0.05, 0.1) is 12.5 Å². The van der Waals surface area contributed by atoms with E-state index in [9.17, 15) is 19.2 Å². The predicted molar refractivity (Wildman–Crippen MR) is 77.9 cm³/mol. The van der Waals surface area contributed by atoms with Crippen LogP contribution in [-0.4, -0.2) is 52.4 Å². The van der Waals surface area contributed by atoms with Gasteiger partial charge < -0.3 is 11.1 Å². The highest BCUT2D eigenvalue weighted by molar-refractivity contribution is 6.08. The van der Waals surface area contributed by atoms with Crippen molar-refractivity contribution in [1.82, 2.24) is 15.7 Å². The number of nitrogens with two attached hydrogens (primary N) is 1. The molecule has 1 aliphatic heterocycles. The number of amides is 4. The number of halogens is 1. The summed E-state index contributed by atoms with van der Waals surface area (Å²) in [6.07, 6.45) is 0.231. The van der Waals surface area contributed by atoms with Crippen LogP contribution >= 0.6 is 12.4 Å². The third kappa shape index (κ3) is 5.24. The van der Waals surface area contributed by atoms with Crippen molar-refractivity contribution in [2.75, 3.05) is 6.54 Å². The van der Waals surface area contributed by atoms with Crippen LogP contribution < -0.4 is 16.5 Å². The highest BCUT2D eigenvalue weighted by atomic mass is 35.5. The molecule has 0 aliphatic carbocycles. The lowest BCUT2D eigenvalue weighted by Crippen LogP contribution is -2.49. The standard InChI is InChI=1S/C12H20N4O5.ClH/c1-6(2)3-7(13)11(19)14-8-4-10(18)16(12(8)20)5-9(17)15-21;/h6-8,21H,3-5,13H2,1-2H3,(H,14,19)(H,15,17);1H/t7-,8-;/m0./s1. The van der Waals surface area contributed by atoms with Gasteiger partial charge in [0, 0.05) is 0 Å². The smallest absolute Gasteiger partial charge is 0.263 e. The van der Waals surface area contributed by atoms with Gasteiger partial charge in [0.15, 0.2) is 0 Å². The van der Waals surface area contributed by atoms with E-state index in [0.717, 1.165) is 0 Å². The third-order valence-corrected chi connectivity index (χ3v) is 3.05. The van der Waals surface area contributed by atoms with E-state index in [1.807, 2.05) is 13.8 Å². The number of imide groups is 1. The number of hydrogen-bond acceptors (Lipinski definition) is 6. The number of carbonyl (C=O) groups excluding carboxylic acids is 4. The van der Waals surface area contributed by atoms with Crippen LogP contribution in [0.1, 0.15) is 26.7 Å². The second-order valence-corrected chi connectivity index (χ2v) is 5.35. The Morgan fingerprint density at radius 1 is 1.41 bits per heavy atom. The van der Waals surface area contributed by atoms with Crippen LogP contribution in [0.25, 0.3) is 0 Å². The van der Waals surface area contributed by atoms with Crippen LogP contribution in [-0.2, 0) is 19.2 Å². The summed E-state index contributed by atoms with van der Waals surface area (Å²) in [5.41, 5.74) is 7.03. The number of likely N-dealkylation sites (tertiary alicyclic amines) is 1. The molecule has 1 saturated heterocycles. The average molecular weight is 337 g/mol. The molecular formula is C12H21ClN4O5. The number of hydroxylamine groups is 1. The van der Waals surface area contributed by atoms with E-state index in [0.29, 0.717) is 11.3 Å². The van der Waals surface area contributed by atoms with Gasteiger partial charge in [-0.3, -0.25) is 29.3 Å². The molecule has 0 unspecified atom stereocenters. The summed E-state index contributed by atoms with van der Waals surface area (Å²) >= 11 is 0. The number of rotatable bonds is 6. The van der Waals surface area contributed by atoms with Gasteiger partial charge in [-0.2, -0.15) is 0 Å². The molecular weight excluding hydrogens is 316 g/mol. The quantitative estimate of drug-likeness (QED) is 0.265. The Morgan fingerprint density at radius 3 is 2.50 bits per heavy atom. The fraction of sp³-hybridized carbons (Fsp3) is 0.667. The maximum absolute atomic E-state index is 11.9. The fourth-order valence-electron chi connectivity index (χ4n) is 2.03. The predicted octanol–water partition coefficient (Wildman–Crippen LogP) is -1.47. The Kier molecular flexibility index (Phi) is 7.99. The number of hydrogen-bond donors (Lipinski definition) is 4. The Balaban J connectivity index is 0.00000441. The van der Waals surface area contributed by atoms with Crippen LogP contribution in [0, 0.1) is 5.92 Å². The highest BCUT2D eigenvalue weighted by Crippen LogP contribution is 2.13. The molecule has 0 aromatic carbocycles. The molecule has 4 amide bonds. The Labute approximate surface area is 133 Å². The van der Waals surface area contributed by atoms with Gasteiger partial charge >= 0.3 is 0 Å². The largest absolute Gasteiger partial charge is 0.342 e. The molecule has 0 saturated carbocycles. The summed E-state index contributed by atoms with van der Waals surface area (Å²) in [5, 5.41) is 10.8. The monoisotopic (exact) mass is 336 g/mol. The molecule has 0 radical (unpaired) electrons. The normalized spacial score (nSPS) is 19.0. The highest BCUT2D eigenvalue weighted by Gasteiger charge is 2.40. The minimum Gasteiger partial charge on any atom is -0.342 e. The Hall–Kier alpha value is -1.71. The van der Waals surface area contributed by atoms with Crippen molar-refractivity contribution in [2.24, 2.45) is 11.7 Å². The molecule has 0 aromatic rings. The number of carbonyl (C=O) groups is 4. The topological polar surface area (TPSA) is 142 Å². The van der Waals surface area contributed by atoms with Crippen molar-refractivity contribution in [1.29, 1.82) is 0 Å². The molecule has 9 nitrogen and oxygen atoms in total. The van der Waals surface area contributed by atoms with Crippen molar-refractivity contribution >= 4 is 36.0 Å². The molecule has 0 aromatic heterocycles. The van der Waals surface area contributed by atoms with Gasteiger partial charge in [0.1, 0.15) is 12.6 Å². The first-order valence-electron chi connectivity index (χ1n) is 6.59. The maximum Gasteiger partial charge on any atom is 0.263 e. The van der Waals surface area contributed by atoms with E-state index in [1.165, 1.54) is 5.48 Å². The zero-order valence-electron chi connectivity index (χ0n) is 12.4. The molecule has 1 rings (SSSR count). The fourth-order valence-corrected chi connectivity index (χ4v) is 2.03. The Morgan fingerprint density at radius 2 is 2.00 bits per heavy atom. The van der Waals surface area contributed by atoms with Crippen LogP contribution in [0.4, 0.5) is 0 Å². The summed E-state index contributed by atoms with van der Waals surface area (Å²) in [6.45, 7) is 3.23. The molecule has 10 heteroatoms. The SMILES string of the molecule is CC(C)C[C@H](N)C(=O)N[C@H]1CC(=O)N(CC(=O)NO)C1=O.Cl. The van der Waals surface area contributed by atoms with Gasteiger partial charge in [-0.1, -0.05) is 13.8 Å². The molecule has 1 aliphatic rings. The lowest BCUT2D eigenvalue weighted by molar-refractivity contribution is -0.145. The van der Waals surface area contributed by atoms with Gasteiger partial charge in [-0.25, -0.2) is 5.48 Å². The lowest BCUT2D eigenvalue weighted by atomic mass is 10.0. The molecule has 0 bridgehead atoms. The molecule has 126 valence electrons. The van der Waals surface area contributed by atoms with E-state index in [2.05, 4.69) is 5.32 Å². The van der Waals surface area contributed by atoms with Gasteiger partial charge in [0.25, 0.3) is 11.8 Å². The summed E-state index contributed by atoms with van der Waals surface area (Å²) in [6, 6.07) is -1.78. The van der Waals surface area contributed by atoms with Gasteiger partial charge in [-0.05, 0) is 12.3 Å². The van der Waals surface area contributed by atoms with Crippen molar-refractivity contribution in [2.45, 2.75) is 38.8 Å². The van der Waals surface area contributed by atoms with Gasteiger partial charge in [0.2, 0.25) is 11.8 Å². The molecule has 1 heterocycles. The van der Waals surface area contributed by atoms with Gasteiger partial charge in [-0.15, -0.1) is 12.4 Å². The lowest BCUT2D eigenvalue weighted by Gasteiger charge is -2.17. The van der Waals surface area contributed by atoms with Crippen molar-refractivity contribution in [3.8, 4) is 0 Å². The zero-order valence-corrected chi connectivity index (χ0v) is 13.2. The molecule has 0 spiro atoms. The first kappa shape index (κ1) is 20.3. The maximum atomic E-state index is 11.9. The molecule has 2 atom stereocenters. The third-order valence-electron chi connectivity index (χ3n) is 3.05. The molecule has 22 heavy (non-hydrogen) atoms. The second kappa shape index (κ2) is 8.66. The van der Waals surface area contributed by atoms with Crippen LogP contribution in [0.3, 0.4) is 0 Å². The summed E-state index contributed by atoms with van der Waals surface area (Å²) in [5.74, 6) is -2.46. The average Bonchev–Trinajstić information content (AvgIpc) is 2.65. The number of nitrogens with one attached hydrogen (secondary N) is 2. The van der Waals surface area contributed by atoms with Crippen LogP contribution in [0.5, 0.6) is 0 Å². The Bertz CT molecular complexity index is 457. The van der Waals surface area contributed by atoms with Crippen molar-refractivity contribution in [3.05, 3.63) is 0 Å². The zero-order chi connectivity index (χ0) is 16.2. The number of nitrogens with zero attached hydrogens (tertiary/aromatic N) is 1. The van der Waals surface area contributed by atoms with Crippen LogP contribution in [0.15, 0.2) is 0 Å². The van der Waals surface area contributed by atoms with E-state index in [1.54, 1.807) is 0 Å². The summed E-state index contributed by atoms with van der Waals surface area (Å²) < 4.78 is 0.